The summed E-state index contributed by atoms with van der Waals surface area (Å²) in [5, 5.41) is 0. The van der Waals surface area contributed by atoms with Gasteiger partial charge in [-0.05, 0) is 0 Å². The van der Waals surface area contributed by atoms with E-state index in [4.69, 9.17) is 6.58 Å². The minimum atomic E-state index is -3.55. The first kappa shape index (κ1) is 16.1. The molecule has 3 nitrogen and oxygen atoms in total. The molecule has 118 valence electrons. The Labute approximate surface area is 143 Å². The standard InChI is InChI=1S/C17H12F2NO2.W/c1-11(10-13-6-7-15(21)17(13,18)19)16(22)20-9-8-12-4-2-3-5-14(12)20;/h1-5,10H,7-9H2;/q-1;/b13-10+;. The van der Waals surface area contributed by atoms with Crippen LogP contribution in [0.4, 0.5) is 14.5 Å². The van der Waals surface area contributed by atoms with Gasteiger partial charge < -0.3 is 0 Å². The molecule has 2 aliphatic rings. The molecular formula is C17H12F2NO2W-. The third-order valence-electron chi connectivity index (χ3n) is 3.99. The Kier molecular flexibility index (Phi) is 4.01. The van der Waals surface area contributed by atoms with Gasteiger partial charge in [-0.3, -0.25) is 0 Å². The summed E-state index contributed by atoms with van der Waals surface area (Å²) in [6.45, 7) is 6.23. The van der Waals surface area contributed by atoms with Crippen LogP contribution >= 0.6 is 0 Å². The summed E-state index contributed by atoms with van der Waals surface area (Å²) in [7, 11) is 0. The average Bonchev–Trinajstić information content (AvgIpc) is 3.01. The maximum absolute atomic E-state index is 13.9. The van der Waals surface area contributed by atoms with Crippen LogP contribution in [0.1, 0.15) is 12.0 Å². The molecule has 23 heavy (non-hydrogen) atoms. The number of hydrogen-bond donors (Lipinski definition) is 0. The van der Waals surface area contributed by atoms with Gasteiger partial charge >= 0.3 is 143 Å². The zero-order chi connectivity index (χ0) is 16.8. The van der Waals surface area contributed by atoms with Gasteiger partial charge in [0.2, 0.25) is 0 Å². The second-order valence-electron chi connectivity index (χ2n) is 5.45. The fourth-order valence-corrected chi connectivity index (χ4v) is 3.91. The van der Waals surface area contributed by atoms with Crippen molar-refractivity contribution in [3.8, 4) is 0 Å². The van der Waals surface area contributed by atoms with Crippen molar-refractivity contribution in [2.75, 3.05) is 11.4 Å². The number of benzene rings is 1. The van der Waals surface area contributed by atoms with Crippen LogP contribution in [-0.4, -0.2) is 28.1 Å². The summed E-state index contributed by atoms with van der Waals surface area (Å²) >= 11 is 0.781. The van der Waals surface area contributed by atoms with Gasteiger partial charge in [0.25, 0.3) is 0 Å². The Bertz CT molecular complexity index is 783. The quantitative estimate of drug-likeness (QED) is 0.477. The average molecular weight is 484 g/mol. The number of ketones is 1. The van der Waals surface area contributed by atoms with E-state index in [1.165, 1.54) is 4.90 Å². The summed E-state index contributed by atoms with van der Waals surface area (Å²) < 4.78 is 28.1. The van der Waals surface area contributed by atoms with Gasteiger partial charge in [0.15, 0.2) is 0 Å². The fraction of sp³-hybridized carbons (Fsp3) is 0.235. The summed E-state index contributed by atoms with van der Waals surface area (Å²) in [5.74, 6) is -5.20. The number of rotatable bonds is 2. The second kappa shape index (κ2) is 5.72. The monoisotopic (exact) mass is 484 g/mol. The van der Waals surface area contributed by atoms with Crippen molar-refractivity contribution >= 4 is 21.3 Å². The van der Waals surface area contributed by atoms with Gasteiger partial charge in [0.1, 0.15) is 0 Å². The molecular weight excluding hydrogens is 472 g/mol. The first-order valence-electron chi connectivity index (χ1n) is 7.01. The molecule has 1 aliphatic carbocycles. The molecule has 0 spiro atoms. The number of amides is 1. The molecule has 1 fully saturated rings. The van der Waals surface area contributed by atoms with E-state index in [1.807, 2.05) is 18.2 Å². The van der Waals surface area contributed by atoms with Crippen LogP contribution in [0.5, 0.6) is 0 Å². The van der Waals surface area contributed by atoms with E-state index in [0.29, 0.717) is 16.9 Å². The van der Waals surface area contributed by atoms with Gasteiger partial charge in [-0.25, -0.2) is 0 Å². The molecule has 1 aliphatic heterocycles. The van der Waals surface area contributed by atoms with Crippen LogP contribution in [0.15, 0.2) is 41.5 Å². The van der Waals surface area contributed by atoms with Crippen molar-refractivity contribution in [3.63, 3.8) is 0 Å². The second-order valence-corrected chi connectivity index (χ2v) is 7.22. The van der Waals surface area contributed by atoms with Crippen LogP contribution in [-0.2, 0) is 35.4 Å². The first-order valence-corrected chi connectivity index (χ1v) is 8.47. The Balaban J connectivity index is 1.87. The number of fused-ring (bicyclic) bond motifs is 1. The number of nitrogens with zero attached hydrogens (tertiary/aromatic N) is 1. The molecule has 0 aromatic heterocycles. The Hall–Kier alpha value is -1.74. The Morgan fingerprint density at radius 3 is 2.70 bits per heavy atom. The number of alkyl halides is 2. The third kappa shape index (κ3) is 2.67. The van der Waals surface area contributed by atoms with E-state index in [2.05, 4.69) is 0 Å². The molecule has 0 bridgehead atoms. The number of para-hydroxylation sites is 1. The SMILES string of the molecule is [CH-]=C(/C=C1\[C](=[W])CC(=O)C1(F)F)C(=O)N1CCc2ccccc21. The molecule has 3 rings (SSSR count). The molecule has 6 heteroatoms. The predicted molar refractivity (Wildman–Crippen MR) is 78.0 cm³/mol. The maximum atomic E-state index is 13.9. The number of halogens is 2. The van der Waals surface area contributed by atoms with E-state index in [1.54, 1.807) is 6.07 Å². The van der Waals surface area contributed by atoms with E-state index < -0.39 is 23.2 Å². The molecule has 1 saturated carbocycles. The van der Waals surface area contributed by atoms with E-state index >= 15 is 0 Å². The topological polar surface area (TPSA) is 37.4 Å². The number of Topliss-reactive ketones (excluding diaryl/α,β-unsaturated/α-hetero) is 1. The summed E-state index contributed by atoms with van der Waals surface area (Å²) in [4.78, 5) is 25.3. The van der Waals surface area contributed by atoms with Crippen LogP contribution in [0.25, 0.3) is 0 Å². The van der Waals surface area contributed by atoms with Crippen molar-refractivity contribution in [1.29, 1.82) is 0 Å². The predicted octanol–water partition coefficient (Wildman–Crippen LogP) is 2.19. The van der Waals surface area contributed by atoms with Gasteiger partial charge in [0.05, 0.1) is 0 Å². The van der Waals surface area contributed by atoms with Crippen molar-refractivity contribution in [2.24, 2.45) is 0 Å². The van der Waals surface area contributed by atoms with Crippen molar-refractivity contribution in [2.45, 2.75) is 18.8 Å². The number of carbonyl (C=O) groups excluding carboxylic acids is 2. The zero-order valence-corrected chi connectivity index (χ0v) is 14.9. The summed E-state index contributed by atoms with van der Waals surface area (Å²) in [6, 6.07) is 7.41. The van der Waals surface area contributed by atoms with Gasteiger partial charge in [-0.1, -0.05) is 0 Å². The molecule has 0 N–H and O–H groups in total. The molecule has 0 unspecified atom stereocenters. The number of anilines is 1. The summed E-state index contributed by atoms with van der Waals surface area (Å²) in [5.41, 5.74) is 1.08. The third-order valence-corrected chi connectivity index (χ3v) is 5.30. The number of carbonyl (C=O) groups is 2. The first-order chi connectivity index (χ1) is 10.8. The molecule has 0 radical (unpaired) electrons. The van der Waals surface area contributed by atoms with Gasteiger partial charge in [-0.2, -0.15) is 0 Å². The van der Waals surface area contributed by atoms with Crippen LogP contribution in [0.2, 0.25) is 0 Å². The van der Waals surface area contributed by atoms with Crippen molar-refractivity contribution < 1.29 is 37.7 Å². The molecule has 0 atom stereocenters. The Morgan fingerprint density at radius 1 is 1.35 bits per heavy atom. The summed E-state index contributed by atoms with van der Waals surface area (Å²) in [6.07, 6.45) is 1.40. The van der Waals surface area contributed by atoms with E-state index in [-0.39, 0.29) is 12.0 Å². The number of allylic oxidation sites excluding steroid dienone is 1. The van der Waals surface area contributed by atoms with Crippen LogP contribution in [0.3, 0.4) is 0 Å². The molecule has 1 amide bonds. The van der Waals surface area contributed by atoms with Gasteiger partial charge in [0, 0.05) is 0 Å². The Morgan fingerprint density at radius 2 is 2.04 bits per heavy atom. The minimum absolute atomic E-state index is 0.273. The van der Waals surface area contributed by atoms with Crippen LogP contribution < -0.4 is 4.90 Å². The van der Waals surface area contributed by atoms with Crippen molar-refractivity contribution in [3.05, 3.63) is 53.6 Å². The normalized spacial score (nSPS) is 21.0. The van der Waals surface area contributed by atoms with Gasteiger partial charge in [-0.15, -0.1) is 0 Å². The van der Waals surface area contributed by atoms with E-state index in [0.717, 1.165) is 36.7 Å². The van der Waals surface area contributed by atoms with Crippen LogP contribution in [0, 0.1) is 6.58 Å². The van der Waals surface area contributed by atoms with E-state index in [9.17, 15) is 18.4 Å². The molecule has 1 aromatic rings. The molecule has 1 aromatic carbocycles. The van der Waals surface area contributed by atoms with Crippen molar-refractivity contribution in [1.82, 2.24) is 0 Å². The zero-order valence-electron chi connectivity index (χ0n) is 12.0. The molecule has 0 saturated heterocycles. The molecule has 1 heterocycles. The number of hydrogen-bond acceptors (Lipinski definition) is 2. The fourth-order valence-electron chi connectivity index (χ4n) is 2.77.